The Labute approximate surface area is 150 Å². The van der Waals surface area contributed by atoms with Gasteiger partial charge in [-0.25, -0.2) is 8.42 Å². The first-order chi connectivity index (χ1) is 11.7. The summed E-state index contributed by atoms with van der Waals surface area (Å²) in [6.45, 7) is 9.27. The molecular formula is C18H28N2O4S. The number of piperazine rings is 1. The molecular weight excluding hydrogens is 340 g/mol. The van der Waals surface area contributed by atoms with Crippen LogP contribution >= 0.6 is 0 Å². The predicted molar refractivity (Wildman–Crippen MR) is 98.5 cm³/mol. The van der Waals surface area contributed by atoms with Gasteiger partial charge in [-0.15, -0.1) is 0 Å². The molecule has 1 amide bonds. The van der Waals surface area contributed by atoms with Crippen LogP contribution in [0.1, 0.15) is 43.1 Å². The molecule has 0 atom stereocenters. The van der Waals surface area contributed by atoms with E-state index in [1.54, 1.807) is 11.0 Å². The van der Waals surface area contributed by atoms with Crippen LogP contribution in [0.5, 0.6) is 5.75 Å². The van der Waals surface area contributed by atoms with E-state index in [1.807, 2.05) is 39.8 Å². The van der Waals surface area contributed by atoms with Crippen molar-refractivity contribution in [2.75, 3.05) is 31.9 Å². The van der Waals surface area contributed by atoms with E-state index in [4.69, 9.17) is 4.74 Å². The van der Waals surface area contributed by atoms with E-state index in [-0.39, 0.29) is 17.8 Å². The van der Waals surface area contributed by atoms with Crippen LogP contribution in [0.2, 0.25) is 0 Å². The number of aryl methyl sites for hydroxylation is 1. The van der Waals surface area contributed by atoms with E-state index in [0.717, 1.165) is 11.3 Å². The number of hydrogen-bond acceptors (Lipinski definition) is 4. The second kappa shape index (κ2) is 8.19. The van der Waals surface area contributed by atoms with Gasteiger partial charge < -0.3 is 9.64 Å². The Morgan fingerprint density at radius 1 is 1.20 bits per heavy atom. The van der Waals surface area contributed by atoms with Crippen molar-refractivity contribution in [3.05, 3.63) is 29.3 Å². The maximum atomic E-state index is 12.7. The number of sulfonamides is 1. The van der Waals surface area contributed by atoms with Gasteiger partial charge in [0.1, 0.15) is 5.75 Å². The van der Waals surface area contributed by atoms with Crippen molar-refractivity contribution in [2.45, 2.75) is 40.2 Å². The minimum Gasteiger partial charge on any atom is -0.491 e. The Bertz CT molecular complexity index is 708. The summed E-state index contributed by atoms with van der Waals surface area (Å²) < 4.78 is 31.4. The van der Waals surface area contributed by atoms with Crippen molar-refractivity contribution in [3.63, 3.8) is 0 Å². The minimum absolute atomic E-state index is 0.0632. The highest BCUT2D eigenvalue weighted by atomic mass is 32.2. The van der Waals surface area contributed by atoms with Gasteiger partial charge in [0.15, 0.2) is 0 Å². The van der Waals surface area contributed by atoms with E-state index in [2.05, 4.69) is 0 Å². The maximum absolute atomic E-state index is 12.7. The lowest BCUT2D eigenvalue weighted by Crippen LogP contribution is -2.51. The molecule has 0 radical (unpaired) electrons. The summed E-state index contributed by atoms with van der Waals surface area (Å²) in [4.78, 5) is 14.4. The zero-order valence-electron chi connectivity index (χ0n) is 15.5. The molecule has 1 aliphatic heterocycles. The van der Waals surface area contributed by atoms with Crippen LogP contribution in [0.3, 0.4) is 0 Å². The lowest BCUT2D eigenvalue weighted by molar-refractivity contribution is 0.0697. The molecule has 1 heterocycles. The van der Waals surface area contributed by atoms with Gasteiger partial charge in [-0.3, -0.25) is 4.79 Å². The van der Waals surface area contributed by atoms with Crippen molar-refractivity contribution >= 4 is 15.9 Å². The van der Waals surface area contributed by atoms with Gasteiger partial charge in [0, 0.05) is 31.7 Å². The summed E-state index contributed by atoms with van der Waals surface area (Å²) in [5.41, 5.74) is 1.53. The van der Waals surface area contributed by atoms with E-state index >= 15 is 0 Å². The summed E-state index contributed by atoms with van der Waals surface area (Å²) in [5.74, 6) is 0.881. The molecule has 1 aromatic carbocycles. The molecule has 0 N–H and O–H groups in total. The lowest BCUT2D eigenvalue weighted by Gasteiger charge is -2.34. The summed E-state index contributed by atoms with van der Waals surface area (Å²) in [6.07, 6.45) is 0.685. The van der Waals surface area contributed by atoms with E-state index in [9.17, 15) is 13.2 Å². The molecule has 0 spiro atoms. The van der Waals surface area contributed by atoms with Crippen molar-refractivity contribution in [2.24, 2.45) is 0 Å². The predicted octanol–water partition coefficient (Wildman–Crippen LogP) is 2.28. The summed E-state index contributed by atoms with van der Waals surface area (Å²) in [6, 6.07) is 5.43. The fourth-order valence-electron chi connectivity index (χ4n) is 2.91. The van der Waals surface area contributed by atoms with Crippen molar-refractivity contribution < 1.29 is 17.9 Å². The third-order valence-corrected chi connectivity index (χ3v) is 6.24. The Kier molecular flexibility index (Phi) is 6.46. The zero-order valence-corrected chi connectivity index (χ0v) is 16.3. The van der Waals surface area contributed by atoms with E-state index < -0.39 is 10.0 Å². The molecule has 1 fully saturated rings. The van der Waals surface area contributed by atoms with Gasteiger partial charge in [0.05, 0.1) is 11.9 Å². The third-order valence-electron chi connectivity index (χ3n) is 4.17. The Hall–Kier alpha value is -1.60. The maximum Gasteiger partial charge on any atom is 0.253 e. The highest BCUT2D eigenvalue weighted by Gasteiger charge is 2.28. The zero-order chi connectivity index (χ0) is 18.6. The molecule has 0 saturated carbocycles. The number of carbonyl (C=O) groups is 1. The number of rotatable bonds is 6. The highest BCUT2D eigenvalue weighted by Crippen LogP contribution is 2.22. The fourth-order valence-corrected chi connectivity index (χ4v) is 4.40. The van der Waals surface area contributed by atoms with Crippen molar-refractivity contribution in [3.8, 4) is 5.75 Å². The number of nitrogens with zero attached hydrogens (tertiary/aromatic N) is 2. The summed E-state index contributed by atoms with van der Waals surface area (Å²) in [5, 5.41) is 0. The number of benzene rings is 1. The van der Waals surface area contributed by atoms with Gasteiger partial charge in [0.2, 0.25) is 10.0 Å². The van der Waals surface area contributed by atoms with Gasteiger partial charge in [-0.2, -0.15) is 4.31 Å². The normalized spacial score (nSPS) is 16.3. The molecule has 0 aromatic heterocycles. The minimum atomic E-state index is -3.19. The molecule has 6 nitrogen and oxygen atoms in total. The first-order valence-electron chi connectivity index (χ1n) is 8.79. The van der Waals surface area contributed by atoms with Crippen LogP contribution < -0.4 is 4.74 Å². The van der Waals surface area contributed by atoms with Crippen molar-refractivity contribution in [1.82, 2.24) is 9.21 Å². The quantitative estimate of drug-likeness (QED) is 0.773. The Balaban J connectivity index is 2.02. The lowest BCUT2D eigenvalue weighted by atomic mass is 10.1. The van der Waals surface area contributed by atoms with Gasteiger partial charge >= 0.3 is 0 Å². The molecule has 140 valence electrons. The average Bonchev–Trinajstić information content (AvgIpc) is 2.56. The van der Waals surface area contributed by atoms with Gasteiger partial charge in [-0.1, -0.05) is 6.92 Å². The average molecular weight is 368 g/mol. The van der Waals surface area contributed by atoms with Gasteiger partial charge in [0.25, 0.3) is 5.91 Å². The standard InChI is InChI=1S/C18H28N2O4S/c1-5-12-25(22,23)20-10-8-19(9-11-20)18(21)16-6-7-17(15(4)13-16)24-14(2)3/h6-7,13-14H,5,8-12H2,1-4H3. The molecule has 1 aromatic rings. The van der Waals surface area contributed by atoms with Crippen molar-refractivity contribution in [1.29, 1.82) is 0 Å². The first-order valence-corrected chi connectivity index (χ1v) is 10.4. The number of amides is 1. The van der Waals surface area contributed by atoms with Crippen LogP contribution in [-0.2, 0) is 10.0 Å². The second-order valence-electron chi connectivity index (χ2n) is 6.65. The van der Waals surface area contributed by atoms with Crippen LogP contribution in [0.4, 0.5) is 0 Å². The molecule has 7 heteroatoms. The van der Waals surface area contributed by atoms with E-state index in [0.29, 0.717) is 38.2 Å². The topological polar surface area (TPSA) is 66.9 Å². The van der Waals surface area contributed by atoms with Crippen LogP contribution in [0, 0.1) is 6.92 Å². The number of carbonyl (C=O) groups excluding carboxylic acids is 1. The monoisotopic (exact) mass is 368 g/mol. The number of ether oxygens (including phenoxy) is 1. The molecule has 1 aliphatic rings. The molecule has 0 bridgehead atoms. The summed E-state index contributed by atoms with van der Waals surface area (Å²) in [7, 11) is -3.19. The third kappa shape index (κ3) is 4.95. The van der Waals surface area contributed by atoms with Crippen LogP contribution in [0.15, 0.2) is 18.2 Å². The number of hydrogen-bond donors (Lipinski definition) is 0. The summed E-state index contributed by atoms with van der Waals surface area (Å²) >= 11 is 0. The Morgan fingerprint density at radius 2 is 1.84 bits per heavy atom. The Morgan fingerprint density at radius 3 is 2.36 bits per heavy atom. The second-order valence-corrected chi connectivity index (χ2v) is 8.74. The van der Waals surface area contributed by atoms with E-state index in [1.165, 1.54) is 4.31 Å². The smallest absolute Gasteiger partial charge is 0.253 e. The van der Waals surface area contributed by atoms with Crippen LogP contribution in [0.25, 0.3) is 0 Å². The highest BCUT2D eigenvalue weighted by molar-refractivity contribution is 7.89. The fraction of sp³-hybridized carbons (Fsp3) is 0.611. The largest absolute Gasteiger partial charge is 0.491 e. The molecule has 0 aliphatic carbocycles. The molecule has 1 saturated heterocycles. The molecule has 25 heavy (non-hydrogen) atoms. The molecule has 0 unspecified atom stereocenters. The first kappa shape index (κ1) is 19.7. The van der Waals surface area contributed by atoms with Crippen LogP contribution in [-0.4, -0.2) is 61.6 Å². The molecule has 2 rings (SSSR count). The SMILES string of the molecule is CCCS(=O)(=O)N1CCN(C(=O)c2ccc(OC(C)C)c(C)c2)CC1. The van der Waals surface area contributed by atoms with Gasteiger partial charge in [-0.05, 0) is 51.0 Å².